The van der Waals surface area contributed by atoms with E-state index in [1.54, 1.807) is 17.5 Å². The maximum atomic E-state index is 11.8. The number of likely N-dealkylation sites (N-methyl/N-ethyl adjacent to an activating group) is 1. The van der Waals surface area contributed by atoms with Crippen molar-refractivity contribution in [3.8, 4) is 5.88 Å². The molecule has 1 aliphatic carbocycles. The first-order valence-electron chi connectivity index (χ1n) is 10.2. The van der Waals surface area contributed by atoms with Gasteiger partial charge in [-0.05, 0) is 50.0 Å². The Kier molecular flexibility index (Phi) is 5.24. The number of likely N-dealkylation sites (tertiary alicyclic amines) is 1. The summed E-state index contributed by atoms with van der Waals surface area (Å²) in [7, 11) is 2.30. The van der Waals surface area contributed by atoms with Crippen LogP contribution in [-0.4, -0.2) is 58.9 Å². The smallest absolute Gasteiger partial charge is 0.260 e. The first-order chi connectivity index (χ1) is 14.0. The third-order valence-electron chi connectivity index (χ3n) is 5.81. The van der Waals surface area contributed by atoms with Gasteiger partial charge in [0.2, 0.25) is 0 Å². The second-order valence-electron chi connectivity index (χ2n) is 8.17. The average molecular weight is 394 g/mol. The minimum absolute atomic E-state index is 0.0868. The number of allylic oxidation sites excluding steroid dienone is 3. The Labute approximate surface area is 170 Å². The SMILES string of the molecule is CC1=CC(=Nc2c(OCC[N+]3(C)CCCCC3)nn3ccccc23)C(N)=CC1=O. The Hall–Kier alpha value is -2.93. The lowest BCUT2D eigenvalue weighted by Gasteiger charge is -2.37. The fourth-order valence-corrected chi connectivity index (χ4v) is 3.93. The summed E-state index contributed by atoms with van der Waals surface area (Å²) in [4.78, 5) is 16.6. The van der Waals surface area contributed by atoms with Crippen LogP contribution < -0.4 is 10.5 Å². The Morgan fingerprint density at radius 3 is 2.83 bits per heavy atom. The summed E-state index contributed by atoms with van der Waals surface area (Å²) < 4.78 is 8.91. The number of hydrogen-bond acceptors (Lipinski definition) is 5. The Morgan fingerprint density at radius 1 is 1.24 bits per heavy atom. The van der Waals surface area contributed by atoms with E-state index in [0.717, 1.165) is 16.5 Å². The van der Waals surface area contributed by atoms with Gasteiger partial charge in [0.05, 0.1) is 37.1 Å². The van der Waals surface area contributed by atoms with Crippen LogP contribution in [0.2, 0.25) is 0 Å². The van der Waals surface area contributed by atoms with Crippen molar-refractivity contribution >= 4 is 22.7 Å². The lowest BCUT2D eigenvalue weighted by atomic mass is 10.0. The molecule has 0 atom stereocenters. The minimum Gasteiger partial charge on any atom is -0.469 e. The Morgan fingerprint density at radius 2 is 2.03 bits per heavy atom. The zero-order chi connectivity index (χ0) is 20.4. The summed E-state index contributed by atoms with van der Waals surface area (Å²) in [6.07, 6.45) is 8.89. The normalized spacial score (nSPS) is 20.6. The number of nitrogens with zero attached hydrogens (tertiary/aromatic N) is 4. The largest absolute Gasteiger partial charge is 0.469 e. The number of ether oxygens (including phenoxy) is 1. The fourth-order valence-electron chi connectivity index (χ4n) is 3.93. The van der Waals surface area contributed by atoms with Crippen LogP contribution in [-0.2, 0) is 4.79 Å². The average Bonchev–Trinajstić information content (AvgIpc) is 3.04. The van der Waals surface area contributed by atoms with Gasteiger partial charge < -0.3 is 15.0 Å². The summed E-state index contributed by atoms with van der Waals surface area (Å²) in [5.74, 6) is 0.402. The molecule has 0 saturated carbocycles. The molecule has 0 spiro atoms. The molecule has 3 heterocycles. The van der Waals surface area contributed by atoms with Gasteiger partial charge in [0.25, 0.3) is 5.88 Å². The molecule has 0 aromatic carbocycles. The molecule has 29 heavy (non-hydrogen) atoms. The van der Waals surface area contributed by atoms with E-state index in [9.17, 15) is 4.79 Å². The van der Waals surface area contributed by atoms with Crippen molar-refractivity contribution in [2.24, 2.45) is 10.7 Å². The molecule has 2 aromatic rings. The number of hydrogen-bond donors (Lipinski definition) is 1. The second kappa shape index (κ2) is 7.83. The van der Waals surface area contributed by atoms with Gasteiger partial charge >= 0.3 is 0 Å². The number of piperidine rings is 1. The van der Waals surface area contributed by atoms with Gasteiger partial charge in [-0.2, -0.15) is 0 Å². The molecule has 0 radical (unpaired) electrons. The summed E-state index contributed by atoms with van der Waals surface area (Å²) in [6.45, 7) is 5.68. The number of carbonyl (C=O) groups excluding carboxylic acids is 1. The van der Waals surface area contributed by atoms with Crippen molar-refractivity contribution < 1.29 is 14.0 Å². The highest BCUT2D eigenvalue weighted by molar-refractivity contribution is 6.22. The number of fused-ring (bicyclic) bond motifs is 1. The Bertz CT molecular complexity index is 1020. The summed E-state index contributed by atoms with van der Waals surface area (Å²) >= 11 is 0. The van der Waals surface area contributed by atoms with E-state index in [2.05, 4.69) is 12.1 Å². The lowest BCUT2D eigenvalue weighted by molar-refractivity contribution is -0.914. The van der Waals surface area contributed by atoms with E-state index < -0.39 is 0 Å². The van der Waals surface area contributed by atoms with Crippen molar-refractivity contribution in [3.63, 3.8) is 0 Å². The highest BCUT2D eigenvalue weighted by Crippen LogP contribution is 2.33. The molecule has 1 fully saturated rings. The molecule has 0 amide bonds. The molecule has 0 unspecified atom stereocenters. The number of rotatable bonds is 5. The van der Waals surface area contributed by atoms with Crippen LogP contribution in [0.4, 0.5) is 5.69 Å². The maximum absolute atomic E-state index is 11.8. The number of quaternary nitrogens is 1. The van der Waals surface area contributed by atoms with Gasteiger partial charge in [0, 0.05) is 12.3 Å². The molecular formula is C22H28N5O2+. The zero-order valence-electron chi connectivity index (χ0n) is 17.1. The van der Waals surface area contributed by atoms with E-state index in [1.165, 1.54) is 38.4 Å². The molecule has 2 aliphatic rings. The van der Waals surface area contributed by atoms with E-state index in [1.807, 2.05) is 24.4 Å². The zero-order valence-corrected chi connectivity index (χ0v) is 17.1. The third kappa shape index (κ3) is 4.10. The van der Waals surface area contributed by atoms with E-state index >= 15 is 0 Å². The molecule has 152 valence electrons. The lowest BCUT2D eigenvalue weighted by Crippen LogP contribution is -2.50. The highest BCUT2D eigenvalue weighted by Gasteiger charge is 2.25. The fraction of sp³-hybridized carbons (Fsp3) is 0.409. The van der Waals surface area contributed by atoms with Crippen LogP contribution in [0.25, 0.3) is 5.52 Å². The molecule has 7 heteroatoms. The molecule has 4 rings (SSSR count). The summed E-state index contributed by atoms with van der Waals surface area (Å²) in [5.41, 5.74) is 9.05. The van der Waals surface area contributed by atoms with Gasteiger partial charge in [0.1, 0.15) is 13.2 Å². The van der Waals surface area contributed by atoms with Crippen molar-refractivity contribution in [1.82, 2.24) is 9.61 Å². The van der Waals surface area contributed by atoms with Crippen LogP contribution in [0, 0.1) is 0 Å². The van der Waals surface area contributed by atoms with E-state index in [4.69, 9.17) is 15.5 Å². The third-order valence-corrected chi connectivity index (χ3v) is 5.81. The molecule has 2 aromatic heterocycles. The van der Waals surface area contributed by atoms with Gasteiger partial charge in [0.15, 0.2) is 11.5 Å². The number of aliphatic imine (C=N–C) groups is 1. The van der Waals surface area contributed by atoms with Crippen molar-refractivity contribution in [1.29, 1.82) is 0 Å². The quantitative estimate of drug-likeness (QED) is 0.624. The van der Waals surface area contributed by atoms with Crippen molar-refractivity contribution in [2.45, 2.75) is 26.2 Å². The first-order valence-corrected chi connectivity index (χ1v) is 10.2. The summed E-state index contributed by atoms with van der Waals surface area (Å²) in [6, 6.07) is 5.80. The van der Waals surface area contributed by atoms with Crippen LogP contribution in [0.1, 0.15) is 26.2 Å². The molecule has 1 aliphatic heterocycles. The van der Waals surface area contributed by atoms with Crippen LogP contribution in [0.3, 0.4) is 0 Å². The molecule has 0 bridgehead atoms. The minimum atomic E-state index is -0.0868. The molecule has 2 N–H and O–H groups in total. The molecular weight excluding hydrogens is 366 g/mol. The standard InChI is InChI=1S/C22H27N5O2/c1-16-14-18(17(23)15-20(16)28)24-21-19-8-4-5-9-26(19)25-22(21)29-13-12-27(2)10-6-3-7-11-27/h4-5,8-9,14-15H,3,6-7,10-13H2,1-2H3,(H-,23,28)/p+1. The topological polar surface area (TPSA) is 82.0 Å². The van der Waals surface area contributed by atoms with Gasteiger partial charge in [-0.15, -0.1) is 5.10 Å². The maximum Gasteiger partial charge on any atom is 0.260 e. The number of ketones is 1. The highest BCUT2D eigenvalue weighted by atomic mass is 16.5. The first kappa shape index (κ1) is 19.4. The summed E-state index contributed by atoms with van der Waals surface area (Å²) in [5, 5.41) is 4.58. The number of carbonyl (C=O) groups is 1. The number of aromatic nitrogens is 2. The molecule has 7 nitrogen and oxygen atoms in total. The Balaban J connectivity index is 1.62. The van der Waals surface area contributed by atoms with Crippen LogP contribution in [0.5, 0.6) is 5.88 Å². The van der Waals surface area contributed by atoms with E-state index in [0.29, 0.717) is 35.2 Å². The van der Waals surface area contributed by atoms with Crippen LogP contribution in [0.15, 0.2) is 52.8 Å². The second-order valence-corrected chi connectivity index (χ2v) is 8.17. The monoisotopic (exact) mass is 394 g/mol. The number of pyridine rings is 1. The predicted molar refractivity (Wildman–Crippen MR) is 113 cm³/mol. The predicted octanol–water partition coefficient (Wildman–Crippen LogP) is 2.79. The van der Waals surface area contributed by atoms with Gasteiger partial charge in [-0.25, -0.2) is 9.51 Å². The van der Waals surface area contributed by atoms with Gasteiger partial charge in [-0.1, -0.05) is 6.07 Å². The molecule has 1 saturated heterocycles. The van der Waals surface area contributed by atoms with E-state index in [-0.39, 0.29) is 5.78 Å². The van der Waals surface area contributed by atoms with Gasteiger partial charge in [-0.3, -0.25) is 4.79 Å². The van der Waals surface area contributed by atoms with Crippen molar-refractivity contribution in [2.75, 3.05) is 33.3 Å². The van der Waals surface area contributed by atoms with Crippen molar-refractivity contribution in [3.05, 3.63) is 47.8 Å². The number of nitrogens with two attached hydrogens (primary N) is 1. The van der Waals surface area contributed by atoms with Crippen LogP contribution >= 0.6 is 0 Å².